The smallest absolute Gasteiger partial charge is 0.0472 e. The van der Waals surface area contributed by atoms with Crippen LogP contribution >= 0.6 is 0 Å². The van der Waals surface area contributed by atoms with Crippen LogP contribution in [-0.4, -0.2) is 18.3 Å². The predicted molar refractivity (Wildman–Crippen MR) is 64.9 cm³/mol. The van der Waals surface area contributed by atoms with E-state index in [4.69, 9.17) is 0 Å². The molecule has 0 spiro atoms. The molecule has 0 aliphatic rings. The zero-order valence-electron chi connectivity index (χ0n) is 10.2. The molecule has 0 saturated carbocycles. The van der Waals surface area contributed by atoms with Gasteiger partial charge >= 0.3 is 0 Å². The summed E-state index contributed by atoms with van der Waals surface area (Å²) >= 11 is 0. The van der Waals surface area contributed by atoms with Crippen molar-refractivity contribution in [2.75, 3.05) is 6.54 Å². The normalized spacial score (nSPS) is 15.5. The standard InChI is InChI=1S/C12H24N2/c1-6-8-13-11(4)9-12(5)14-10(3)7-2/h9-10,13H,6-8H2,1-5H3. The van der Waals surface area contributed by atoms with Crippen LogP contribution in [0, 0.1) is 0 Å². The van der Waals surface area contributed by atoms with Gasteiger partial charge in [0, 0.05) is 24.0 Å². The van der Waals surface area contributed by atoms with Gasteiger partial charge in [-0.2, -0.15) is 0 Å². The predicted octanol–water partition coefficient (Wildman–Crippen LogP) is 3.15. The average molecular weight is 196 g/mol. The molecule has 0 aliphatic carbocycles. The van der Waals surface area contributed by atoms with Crippen LogP contribution in [0.15, 0.2) is 16.8 Å². The largest absolute Gasteiger partial charge is 0.389 e. The SMILES string of the molecule is CCCNC(C)=CC(C)=NC(C)CC. The molecule has 0 heterocycles. The van der Waals surface area contributed by atoms with Crippen molar-refractivity contribution < 1.29 is 0 Å². The van der Waals surface area contributed by atoms with Gasteiger partial charge in [0.2, 0.25) is 0 Å². The van der Waals surface area contributed by atoms with E-state index < -0.39 is 0 Å². The Balaban J connectivity index is 4.12. The molecule has 1 atom stereocenters. The van der Waals surface area contributed by atoms with E-state index in [2.05, 4.69) is 51.0 Å². The van der Waals surface area contributed by atoms with Crippen molar-refractivity contribution in [2.24, 2.45) is 4.99 Å². The summed E-state index contributed by atoms with van der Waals surface area (Å²) in [5.41, 5.74) is 2.32. The van der Waals surface area contributed by atoms with Crippen LogP contribution in [0.4, 0.5) is 0 Å². The monoisotopic (exact) mass is 196 g/mol. The second kappa shape index (κ2) is 7.60. The minimum absolute atomic E-state index is 0.435. The quantitative estimate of drug-likeness (QED) is 0.648. The Bertz CT molecular complexity index is 204. The highest BCUT2D eigenvalue weighted by Crippen LogP contribution is 1.98. The molecular weight excluding hydrogens is 172 g/mol. The lowest BCUT2D eigenvalue weighted by Crippen LogP contribution is -2.12. The third-order valence-electron chi connectivity index (χ3n) is 2.09. The summed E-state index contributed by atoms with van der Waals surface area (Å²) in [4.78, 5) is 4.54. The Morgan fingerprint density at radius 3 is 2.50 bits per heavy atom. The van der Waals surface area contributed by atoms with Crippen LogP contribution in [-0.2, 0) is 0 Å². The number of aliphatic imine (C=N–C) groups is 1. The fraction of sp³-hybridized carbons (Fsp3) is 0.750. The summed E-state index contributed by atoms with van der Waals surface area (Å²) in [6.45, 7) is 11.7. The van der Waals surface area contributed by atoms with Crippen molar-refractivity contribution >= 4 is 5.71 Å². The van der Waals surface area contributed by atoms with Crippen LogP contribution in [0.5, 0.6) is 0 Å². The number of nitrogens with one attached hydrogen (secondary N) is 1. The van der Waals surface area contributed by atoms with E-state index in [9.17, 15) is 0 Å². The number of nitrogens with zero attached hydrogens (tertiary/aromatic N) is 1. The van der Waals surface area contributed by atoms with Crippen molar-refractivity contribution in [2.45, 2.75) is 53.5 Å². The van der Waals surface area contributed by atoms with Crippen LogP contribution in [0.3, 0.4) is 0 Å². The van der Waals surface area contributed by atoms with Crippen molar-refractivity contribution in [3.05, 3.63) is 11.8 Å². The van der Waals surface area contributed by atoms with E-state index in [0.29, 0.717) is 6.04 Å². The fourth-order valence-corrected chi connectivity index (χ4v) is 1.16. The molecular formula is C12H24N2. The Hall–Kier alpha value is -0.790. The summed E-state index contributed by atoms with van der Waals surface area (Å²) in [7, 11) is 0. The van der Waals surface area contributed by atoms with Gasteiger partial charge in [0.1, 0.15) is 0 Å². The highest BCUT2D eigenvalue weighted by Gasteiger charge is 1.94. The maximum Gasteiger partial charge on any atom is 0.0472 e. The molecule has 0 aliphatic heterocycles. The fourth-order valence-electron chi connectivity index (χ4n) is 1.16. The molecule has 0 saturated heterocycles. The Kier molecular flexibility index (Phi) is 7.17. The minimum Gasteiger partial charge on any atom is -0.389 e. The van der Waals surface area contributed by atoms with Gasteiger partial charge in [-0.3, -0.25) is 4.99 Å². The Morgan fingerprint density at radius 2 is 2.00 bits per heavy atom. The molecule has 0 amide bonds. The van der Waals surface area contributed by atoms with Crippen molar-refractivity contribution in [1.82, 2.24) is 5.32 Å². The summed E-state index contributed by atoms with van der Waals surface area (Å²) in [6.07, 6.45) is 4.38. The molecule has 0 fully saturated rings. The number of hydrogen-bond donors (Lipinski definition) is 1. The first-order valence-electron chi connectivity index (χ1n) is 5.56. The third kappa shape index (κ3) is 6.70. The van der Waals surface area contributed by atoms with Gasteiger partial charge in [0.05, 0.1) is 0 Å². The minimum atomic E-state index is 0.435. The van der Waals surface area contributed by atoms with Crippen LogP contribution in [0.25, 0.3) is 0 Å². The van der Waals surface area contributed by atoms with Crippen molar-refractivity contribution in [3.63, 3.8) is 0 Å². The van der Waals surface area contributed by atoms with Crippen molar-refractivity contribution in [1.29, 1.82) is 0 Å². The topological polar surface area (TPSA) is 24.4 Å². The van der Waals surface area contributed by atoms with Crippen LogP contribution in [0.2, 0.25) is 0 Å². The second-order valence-corrected chi connectivity index (χ2v) is 3.78. The van der Waals surface area contributed by atoms with E-state index in [-0.39, 0.29) is 0 Å². The lowest BCUT2D eigenvalue weighted by Gasteiger charge is -2.06. The zero-order valence-corrected chi connectivity index (χ0v) is 10.2. The zero-order chi connectivity index (χ0) is 11.0. The molecule has 2 nitrogen and oxygen atoms in total. The van der Waals surface area contributed by atoms with E-state index in [1.807, 2.05) is 0 Å². The number of rotatable bonds is 6. The van der Waals surface area contributed by atoms with Gasteiger partial charge in [0.15, 0.2) is 0 Å². The summed E-state index contributed by atoms with van der Waals surface area (Å²) in [5, 5.41) is 3.33. The molecule has 0 aromatic rings. The second-order valence-electron chi connectivity index (χ2n) is 3.78. The van der Waals surface area contributed by atoms with Crippen LogP contribution < -0.4 is 5.32 Å². The van der Waals surface area contributed by atoms with Gasteiger partial charge in [-0.15, -0.1) is 0 Å². The molecule has 14 heavy (non-hydrogen) atoms. The first-order valence-corrected chi connectivity index (χ1v) is 5.56. The molecule has 0 aromatic heterocycles. The lowest BCUT2D eigenvalue weighted by molar-refractivity contribution is 0.717. The van der Waals surface area contributed by atoms with Gasteiger partial charge in [-0.05, 0) is 39.7 Å². The van der Waals surface area contributed by atoms with Gasteiger partial charge in [-0.1, -0.05) is 13.8 Å². The molecule has 1 unspecified atom stereocenters. The maximum atomic E-state index is 4.54. The highest BCUT2D eigenvalue weighted by molar-refractivity contribution is 5.93. The average Bonchev–Trinajstić information content (AvgIpc) is 2.14. The number of allylic oxidation sites excluding steroid dienone is 2. The molecule has 0 radical (unpaired) electrons. The Labute approximate surface area is 88.5 Å². The first-order chi connectivity index (χ1) is 6.60. The molecule has 2 heteroatoms. The highest BCUT2D eigenvalue weighted by atomic mass is 14.9. The molecule has 82 valence electrons. The lowest BCUT2D eigenvalue weighted by atomic mass is 10.2. The number of hydrogen-bond acceptors (Lipinski definition) is 2. The first kappa shape index (κ1) is 13.2. The summed E-state index contributed by atoms with van der Waals surface area (Å²) in [6, 6.07) is 0.435. The molecule has 0 bridgehead atoms. The van der Waals surface area contributed by atoms with Crippen molar-refractivity contribution in [3.8, 4) is 0 Å². The van der Waals surface area contributed by atoms with E-state index >= 15 is 0 Å². The maximum absolute atomic E-state index is 4.54. The van der Waals surface area contributed by atoms with Gasteiger partial charge < -0.3 is 5.32 Å². The van der Waals surface area contributed by atoms with E-state index in [1.54, 1.807) is 0 Å². The molecule has 0 aromatic carbocycles. The van der Waals surface area contributed by atoms with Gasteiger partial charge in [0.25, 0.3) is 0 Å². The third-order valence-corrected chi connectivity index (χ3v) is 2.09. The Morgan fingerprint density at radius 1 is 1.36 bits per heavy atom. The van der Waals surface area contributed by atoms with E-state index in [0.717, 1.165) is 25.1 Å². The molecule has 1 N–H and O–H groups in total. The molecule has 0 rings (SSSR count). The summed E-state index contributed by atoms with van der Waals surface area (Å²) in [5.74, 6) is 0. The van der Waals surface area contributed by atoms with Crippen LogP contribution in [0.1, 0.15) is 47.5 Å². The van der Waals surface area contributed by atoms with Gasteiger partial charge in [-0.25, -0.2) is 0 Å². The summed E-state index contributed by atoms with van der Waals surface area (Å²) < 4.78 is 0. The van der Waals surface area contributed by atoms with E-state index in [1.165, 1.54) is 5.70 Å².